The summed E-state index contributed by atoms with van der Waals surface area (Å²) in [5.41, 5.74) is 1.55. The van der Waals surface area contributed by atoms with Crippen LogP contribution >= 0.6 is 11.8 Å². The average molecular weight is 318 g/mol. The molecule has 0 fully saturated rings. The topological polar surface area (TPSA) is 68.3 Å². The molecule has 5 nitrogen and oxygen atoms in total. The molecular weight excluding hydrogens is 300 g/mol. The molecule has 1 unspecified atom stereocenters. The smallest absolute Gasteiger partial charge is 0.315 e. The van der Waals surface area contributed by atoms with E-state index in [0.29, 0.717) is 6.61 Å². The molecule has 0 saturated heterocycles. The molecule has 0 aliphatic rings. The van der Waals surface area contributed by atoms with Crippen molar-refractivity contribution in [1.82, 2.24) is 4.98 Å². The number of fused-ring (bicyclic) bond motifs is 1. The van der Waals surface area contributed by atoms with Crippen LogP contribution < -0.4 is 5.32 Å². The first-order valence-corrected chi connectivity index (χ1v) is 8.08. The van der Waals surface area contributed by atoms with Gasteiger partial charge in [0.25, 0.3) is 0 Å². The van der Waals surface area contributed by atoms with Crippen molar-refractivity contribution >= 4 is 40.2 Å². The SMILES string of the molecule is CCOC(=O)CSC(C)C(=O)Nc1cccc2ncccc12. The first kappa shape index (κ1) is 16.3. The number of pyridine rings is 1. The van der Waals surface area contributed by atoms with Gasteiger partial charge in [0.2, 0.25) is 5.91 Å². The molecule has 2 aromatic rings. The highest BCUT2D eigenvalue weighted by Crippen LogP contribution is 2.22. The van der Waals surface area contributed by atoms with Gasteiger partial charge in [-0.25, -0.2) is 0 Å². The van der Waals surface area contributed by atoms with E-state index in [9.17, 15) is 9.59 Å². The Balaban J connectivity index is 2.00. The van der Waals surface area contributed by atoms with Gasteiger partial charge >= 0.3 is 5.97 Å². The molecule has 1 atom stereocenters. The van der Waals surface area contributed by atoms with Gasteiger partial charge in [-0.15, -0.1) is 11.8 Å². The van der Waals surface area contributed by atoms with E-state index in [1.54, 1.807) is 20.0 Å². The van der Waals surface area contributed by atoms with Gasteiger partial charge in [0.1, 0.15) is 0 Å². The molecule has 116 valence electrons. The molecule has 1 aromatic heterocycles. The summed E-state index contributed by atoms with van der Waals surface area (Å²) in [6.07, 6.45) is 1.71. The largest absolute Gasteiger partial charge is 0.465 e. The molecule has 1 aromatic carbocycles. The Morgan fingerprint density at radius 2 is 2.14 bits per heavy atom. The van der Waals surface area contributed by atoms with Crippen LogP contribution in [0, 0.1) is 0 Å². The number of benzene rings is 1. The molecule has 0 saturated carbocycles. The minimum atomic E-state index is -0.351. The minimum Gasteiger partial charge on any atom is -0.465 e. The first-order valence-electron chi connectivity index (χ1n) is 7.03. The monoisotopic (exact) mass is 318 g/mol. The lowest BCUT2D eigenvalue weighted by Crippen LogP contribution is -2.24. The molecule has 1 heterocycles. The van der Waals surface area contributed by atoms with Crippen LogP contribution in [0.4, 0.5) is 5.69 Å². The van der Waals surface area contributed by atoms with E-state index in [1.165, 1.54) is 11.8 Å². The summed E-state index contributed by atoms with van der Waals surface area (Å²) in [4.78, 5) is 27.8. The van der Waals surface area contributed by atoms with Gasteiger partial charge in [-0.05, 0) is 38.1 Å². The summed E-state index contributed by atoms with van der Waals surface area (Å²) >= 11 is 1.25. The third-order valence-electron chi connectivity index (χ3n) is 3.03. The van der Waals surface area contributed by atoms with Crippen molar-refractivity contribution in [3.8, 4) is 0 Å². The van der Waals surface area contributed by atoms with Crippen molar-refractivity contribution in [3.63, 3.8) is 0 Å². The van der Waals surface area contributed by atoms with E-state index >= 15 is 0 Å². The zero-order valence-corrected chi connectivity index (χ0v) is 13.4. The minimum absolute atomic E-state index is 0.148. The first-order chi connectivity index (χ1) is 10.6. The Labute approximate surface area is 133 Å². The number of rotatable bonds is 6. The highest BCUT2D eigenvalue weighted by atomic mass is 32.2. The zero-order valence-electron chi connectivity index (χ0n) is 12.5. The summed E-state index contributed by atoms with van der Waals surface area (Å²) < 4.78 is 4.85. The predicted octanol–water partition coefficient (Wildman–Crippen LogP) is 2.86. The summed E-state index contributed by atoms with van der Waals surface area (Å²) in [6, 6.07) is 9.32. The third kappa shape index (κ3) is 4.21. The maximum Gasteiger partial charge on any atom is 0.315 e. The number of carbonyl (C=O) groups excluding carboxylic acids is 2. The lowest BCUT2D eigenvalue weighted by atomic mass is 10.2. The summed E-state index contributed by atoms with van der Waals surface area (Å²) in [7, 11) is 0. The van der Waals surface area contributed by atoms with Crippen molar-refractivity contribution in [1.29, 1.82) is 0 Å². The van der Waals surface area contributed by atoms with Crippen LogP contribution in [0.1, 0.15) is 13.8 Å². The van der Waals surface area contributed by atoms with E-state index in [4.69, 9.17) is 4.74 Å². The summed E-state index contributed by atoms with van der Waals surface area (Å²) in [5.74, 6) is -0.286. The second-order valence-corrected chi connectivity index (χ2v) is 5.95. The Morgan fingerprint density at radius 1 is 1.32 bits per heavy atom. The standard InChI is InChI=1S/C16H18N2O3S/c1-3-21-15(19)10-22-11(2)16(20)18-14-8-4-7-13-12(14)6-5-9-17-13/h4-9,11H,3,10H2,1-2H3,(H,18,20). The predicted molar refractivity (Wildman–Crippen MR) is 88.9 cm³/mol. The molecular formula is C16H18N2O3S. The highest BCUT2D eigenvalue weighted by molar-refractivity contribution is 8.01. The number of nitrogens with zero attached hydrogens (tertiary/aromatic N) is 1. The number of hydrogen-bond acceptors (Lipinski definition) is 5. The van der Waals surface area contributed by atoms with Crippen LogP contribution in [0.25, 0.3) is 10.9 Å². The van der Waals surface area contributed by atoms with Crippen LogP contribution in [0.2, 0.25) is 0 Å². The molecule has 1 N–H and O–H groups in total. The molecule has 2 rings (SSSR count). The number of nitrogens with one attached hydrogen (secondary N) is 1. The van der Waals surface area contributed by atoms with Crippen molar-refractivity contribution in [2.45, 2.75) is 19.1 Å². The van der Waals surface area contributed by atoms with Crippen molar-refractivity contribution in [3.05, 3.63) is 36.5 Å². The average Bonchev–Trinajstić information content (AvgIpc) is 2.53. The summed E-state index contributed by atoms with van der Waals surface area (Å²) in [5, 5.41) is 3.43. The fraction of sp³-hybridized carbons (Fsp3) is 0.312. The zero-order chi connectivity index (χ0) is 15.9. The molecule has 0 radical (unpaired) electrons. The van der Waals surface area contributed by atoms with Gasteiger partial charge in [0.05, 0.1) is 28.8 Å². The molecule has 0 spiro atoms. The van der Waals surface area contributed by atoms with Crippen LogP contribution in [-0.2, 0) is 14.3 Å². The molecule has 0 aliphatic carbocycles. The van der Waals surface area contributed by atoms with Gasteiger partial charge in [-0.3, -0.25) is 14.6 Å². The van der Waals surface area contributed by atoms with E-state index in [-0.39, 0.29) is 22.9 Å². The van der Waals surface area contributed by atoms with Gasteiger partial charge in [0, 0.05) is 11.6 Å². The van der Waals surface area contributed by atoms with Crippen molar-refractivity contribution in [2.75, 3.05) is 17.7 Å². The number of amides is 1. The number of carbonyl (C=O) groups is 2. The second kappa shape index (κ2) is 7.79. The number of aromatic nitrogens is 1. The van der Waals surface area contributed by atoms with E-state index < -0.39 is 0 Å². The summed E-state index contributed by atoms with van der Waals surface area (Å²) in [6.45, 7) is 3.87. The molecule has 0 aliphatic heterocycles. The quantitative estimate of drug-likeness (QED) is 0.830. The maximum atomic E-state index is 12.2. The van der Waals surface area contributed by atoms with E-state index in [2.05, 4.69) is 10.3 Å². The number of hydrogen-bond donors (Lipinski definition) is 1. The number of esters is 1. The lowest BCUT2D eigenvalue weighted by Gasteiger charge is -2.13. The normalized spacial score (nSPS) is 11.9. The Bertz CT molecular complexity index is 670. The Morgan fingerprint density at radius 3 is 2.91 bits per heavy atom. The Hall–Kier alpha value is -2.08. The molecule has 22 heavy (non-hydrogen) atoms. The van der Waals surface area contributed by atoms with Gasteiger partial charge in [-0.1, -0.05) is 6.07 Å². The maximum absolute atomic E-state index is 12.2. The third-order valence-corrected chi connectivity index (χ3v) is 4.15. The number of anilines is 1. The molecule has 1 amide bonds. The molecule has 0 bridgehead atoms. The van der Waals surface area contributed by atoms with Crippen LogP contribution in [0.5, 0.6) is 0 Å². The van der Waals surface area contributed by atoms with Gasteiger partial charge in [-0.2, -0.15) is 0 Å². The van der Waals surface area contributed by atoms with Gasteiger partial charge in [0.15, 0.2) is 0 Å². The van der Waals surface area contributed by atoms with Gasteiger partial charge < -0.3 is 10.1 Å². The van der Waals surface area contributed by atoms with Crippen LogP contribution in [-0.4, -0.2) is 34.5 Å². The Kier molecular flexibility index (Phi) is 5.77. The van der Waals surface area contributed by atoms with Crippen molar-refractivity contribution < 1.29 is 14.3 Å². The van der Waals surface area contributed by atoms with E-state index in [0.717, 1.165) is 16.6 Å². The second-order valence-electron chi connectivity index (χ2n) is 4.62. The number of thioether (sulfide) groups is 1. The van der Waals surface area contributed by atoms with Crippen LogP contribution in [0.15, 0.2) is 36.5 Å². The van der Waals surface area contributed by atoms with E-state index in [1.807, 2.05) is 30.3 Å². The van der Waals surface area contributed by atoms with Crippen molar-refractivity contribution in [2.24, 2.45) is 0 Å². The highest BCUT2D eigenvalue weighted by Gasteiger charge is 2.16. The van der Waals surface area contributed by atoms with Crippen LogP contribution in [0.3, 0.4) is 0 Å². The fourth-order valence-electron chi connectivity index (χ4n) is 1.92. The lowest BCUT2D eigenvalue weighted by molar-refractivity contribution is -0.139. The number of ether oxygens (including phenoxy) is 1. The fourth-order valence-corrected chi connectivity index (χ4v) is 2.60. The molecule has 6 heteroatoms.